The van der Waals surface area contributed by atoms with E-state index in [0.29, 0.717) is 11.0 Å². The number of carbonyl (C=O) groups excluding carboxylic acids is 1. The van der Waals surface area contributed by atoms with Crippen molar-refractivity contribution in [2.75, 3.05) is 13.2 Å². The van der Waals surface area contributed by atoms with Crippen LogP contribution in [0.5, 0.6) is 0 Å². The van der Waals surface area contributed by atoms with Gasteiger partial charge in [-0.3, -0.25) is 4.79 Å². The first-order valence-corrected chi connectivity index (χ1v) is 6.31. The summed E-state index contributed by atoms with van der Waals surface area (Å²) in [6.45, 7) is 1.18. The molecule has 17 heavy (non-hydrogen) atoms. The summed E-state index contributed by atoms with van der Waals surface area (Å²) in [4.78, 5) is 11.7. The fourth-order valence-electron chi connectivity index (χ4n) is 1.79. The van der Waals surface area contributed by atoms with Gasteiger partial charge in [-0.05, 0) is 40.9 Å². The molecule has 2 rings (SSSR count). The molecule has 1 saturated heterocycles. The Bertz CT molecular complexity index is 419. The Morgan fingerprint density at radius 1 is 1.59 bits per heavy atom. The smallest absolute Gasteiger partial charge is 0.254 e. The summed E-state index contributed by atoms with van der Waals surface area (Å²) in [5.41, 5.74) is 0.0531. The van der Waals surface area contributed by atoms with E-state index in [4.69, 9.17) is 4.74 Å². The molecule has 1 fully saturated rings. The summed E-state index contributed by atoms with van der Waals surface area (Å²) in [6, 6.07) is 4.66. The molecule has 0 aliphatic carbocycles. The zero-order valence-corrected chi connectivity index (χ0v) is 10.8. The van der Waals surface area contributed by atoms with Crippen LogP contribution in [0.4, 0.5) is 4.39 Å². The number of hydrogen-bond acceptors (Lipinski definition) is 2. The average molecular weight is 302 g/mol. The summed E-state index contributed by atoms with van der Waals surface area (Å²) in [6.07, 6.45) is 2.03. The molecule has 5 heteroatoms. The second-order valence-electron chi connectivity index (χ2n) is 3.95. The third-order valence-electron chi connectivity index (χ3n) is 2.71. The quantitative estimate of drug-likeness (QED) is 0.931. The SMILES string of the molecule is O=C(NCC1CCCO1)c1cccc(Br)c1F. The molecule has 1 aromatic carbocycles. The van der Waals surface area contributed by atoms with Gasteiger partial charge in [0.25, 0.3) is 5.91 Å². The third-order valence-corrected chi connectivity index (χ3v) is 3.32. The van der Waals surface area contributed by atoms with Crippen molar-refractivity contribution in [2.24, 2.45) is 0 Å². The largest absolute Gasteiger partial charge is 0.376 e. The van der Waals surface area contributed by atoms with E-state index in [1.165, 1.54) is 6.07 Å². The van der Waals surface area contributed by atoms with Gasteiger partial charge in [0.15, 0.2) is 0 Å². The molecule has 1 unspecified atom stereocenters. The Morgan fingerprint density at radius 3 is 3.12 bits per heavy atom. The minimum absolute atomic E-state index is 0.0531. The number of nitrogens with one attached hydrogen (secondary N) is 1. The van der Waals surface area contributed by atoms with Gasteiger partial charge in [0.05, 0.1) is 16.1 Å². The van der Waals surface area contributed by atoms with Gasteiger partial charge in [-0.25, -0.2) is 4.39 Å². The van der Waals surface area contributed by atoms with E-state index in [1.807, 2.05) is 0 Å². The number of benzene rings is 1. The van der Waals surface area contributed by atoms with Gasteiger partial charge >= 0.3 is 0 Å². The number of halogens is 2. The maximum atomic E-state index is 13.6. The highest BCUT2D eigenvalue weighted by molar-refractivity contribution is 9.10. The van der Waals surface area contributed by atoms with E-state index in [-0.39, 0.29) is 11.7 Å². The summed E-state index contributed by atoms with van der Waals surface area (Å²) in [5, 5.41) is 2.68. The van der Waals surface area contributed by atoms with Crippen LogP contribution in [-0.4, -0.2) is 25.2 Å². The summed E-state index contributed by atoms with van der Waals surface area (Å²) < 4.78 is 19.3. The lowest BCUT2D eigenvalue weighted by Gasteiger charge is -2.11. The molecule has 1 heterocycles. The van der Waals surface area contributed by atoms with Crippen LogP contribution in [0.1, 0.15) is 23.2 Å². The van der Waals surface area contributed by atoms with Crippen LogP contribution in [-0.2, 0) is 4.74 Å². The van der Waals surface area contributed by atoms with Crippen molar-refractivity contribution in [3.05, 3.63) is 34.1 Å². The molecule has 92 valence electrons. The number of carbonyl (C=O) groups is 1. The van der Waals surface area contributed by atoms with Gasteiger partial charge in [0.1, 0.15) is 5.82 Å². The van der Waals surface area contributed by atoms with Gasteiger partial charge in [0.2, 0.25) is 0 Å². The molecular formula is C12H13BrFNO2. The van der Waals surface area contributed by atoms with E-state index < -0.39 is 11.7 Å². The maximum absolute atomic E-state index is 13.6. The lowest BCUT2D eigenvalue weighted by Crippen LogP contribution is -2.32. The van der Waals surface area contributed by atoms with Crippen molar-refractivity contribution in [1.82, 2.24) is 5.32 Å². The van der Waals surface area contributed by atoms with Crippen molar-refractivity contribution in [1.29, 1.82) is 0 Å². The lowest BCUT2D eigenvalue weighted by molar-refractivity contribution is 0.0854. The Morgan fingerprint density at radius 2 is 2.41 bits per heavy atom. The molecule has 1 amide bonds. The molecule has 3 nitrogen and oxygen atoms in total. The number of amides is 1. The minimum Gasteiger partial charge on any atom is -0.376 e. The highest BCUT2D eigenvalue weighted by atomic mass is 79.9. The van der Waals surface area contributed by atoms with Crippen molar-refractivity contribution < 1.29 is 13.9 Å². The van der Waals surface area contributed by atoms with Crippen molar-refractivity contribution >= 4 is 21.8 Å². The topological polar surface area (TPSA) is 38.3 Å². The molecule has 0 aromatic heterocycles. The predicted molar refractivity (Wildman–Crippen MR) is 65.4 cm³/mol. The van der Waals surface area contributed by atoms with Gasteiger partial charge in [-0.2, -0.15) is 0 Å². The predicted octanol–water partition coefficient (Wildman–Crippen LogP) is 2.50. The van der Waals surface area contributed by atoms with Crippen molar-refractivity contribution in [3.8, 4) is 0 Å². The fourth-order valence-corrected chi connectivity index (χ4v) is 2.15. The van der Waals surface area contributed by atoms with Crippen molar-refractivity contribution in [3.63, 3.8) is 0 Å². The molecule has 0 radical (unpaired) electrons. The standard InChI is InChI=1S/C12H13BrFNO2/c13-10-5-1-4-9(11(10)14)12(16)15-7-8-3-2-6-17-8/h1,4-5,8H,2-3,6-7H2,(H,15,16). The van der Waals surface area contributed by atoms with Crippen LogP contribution in [0.3, 0.4) is 0 Å². The zero-order valence-electron chi connectivity index (χ0n) is 9.21. The first-order valence-electron chi connectivity index (χ1n) is 5.52. The van der Waals surface area contributed by atoms with E-state index >= 15 is 0 Å². The summed E-state index contributed by atoms with van der Waals surface area (Å²) in [7, 11) is 0. The average Bonchev–Trinajstić information content (AvgIpc) is 2.82. The second kappa shape index (κ2) is 5.60. The van der Waals surface area contributed by atoms with E-state index in [0.717, 1.165) is 19.4 Å². The van der Waals surface area contributed by atoms with Crippen LogP contribution in [0.25, 0.3) is 0 Å². The monoisotopic (exact) mass is 301 g/mol. The molecular weight excluding hydrogens is 289 g/mol. The zero-order chi connectivity index (χ0) is 12.3. The van der Waals surface area contributed by atoms with Gasteiger partial charge in [-0.15, -0.1) is 0 Å². The molecule has 1 N–H and O–H groups in total. The molecule has 1 aliphatic rings. The second-order valence-corrected chi connectivity index (χ2v) is 4.80. The minimum atomic E-state index is -0.530. The Labute approximate surface area is 107 Å². The van der Waals surface area contributed by atoms with Crippen molar-refractivity contribution in [2.45, 2.75) is 18.9 Å². The van der Waals surface area contributed by atoms with Crippen LogP contribution in [0, 0.1) is 5.82 Å². The Kier molecular flexibility index (Phi) is 4.12. The van der Waals surface area contributed by atoms with Crippen LogP contribution < -0.4 is 5.32 Å². The van der Waals surface area contributed by atoms with Crippen LogP contribution >= 0.6 is 15.9 Å². The Hall–Kier alpha value is -0.940. The highest BCUT2D eigenvalue weighted by Crippen LogP contribution is 2.18. The van der Waals surface area contributed by atoms with E-state index in [1.54, 1.807) is 12.1 Å². The third kappa shape index (κ3) is 3.04. The first kappa shape index (κ1) is 12.5. The number of ether oxygens (including phenoxy) is 1. The molecule has 0 spiro atoms. The summed E-state index contributed by atoms with van der Waals surface area (Å²) in [5.74, 6) is -0.934. The first-order chi connectivity index (χ1) is 8.18. The molecule has 1 aliphatic heterocycles. The number of rotatable bonds is 3. The lowest BCUT2D eigenvalue weighted by atomic mass is 10.2. The molecule has 0 bridgehead atoms. The number of hydrogen-bond donors (Lipinski definition) is 1. The fraction of sp³-hybridized carbons (Fsp3) is 0.417. The van der Waals surface area contributed by atoms with E-state index in [9.17, 15) is 9.18 Å². The Balaban J connectivity index is 1.97. The van der Waals surface area contributed by atoms with Gasteiger partial charge in [-0.1, -0.05) is 6.07 Å². The van der Waals surface area contributed by atoms with E-state index in [2.05, 4.69) is 21.2 Å². The maximum Gasteiger partial charge on any atom is 0.254 e. The van der Waals surface area contributed by atoms with Gasteiger partial charge < -0.3 is 10.1 Å². The molecule has 1 aromatic rings. The van der Waals surface area contributed by atoms with Crippen LogP contribution in [0.15, 0.2) is 22.7 Å². The normalized spacial score (nSPS) is 19.3. The summed E-state index contributed by atoms with van der Waals surface area (Å²) >= 11 is 3.05. The van der Waals surface area contributed by atoms with Gasteiger partial charge in [0, 0.05) is 13.2 Å². The molecule has 0 saturated carbocycles. The molecule has 1 atom stereocenters. The highest BCUT2D eigenvalue weighted by Gasteiger charge is 2.18. The van der Waals surface area contributed by atoms with Crippen LogP contribution in [0.2, 0.25) is 0 Å².